The zero-order valence-electron chi connectivity index (χ0n) is 24.4. The summed E-state index contributed by atoms with van der Waals surface area (Å²) in [7, 11) is 0. The Hall–Kier alpha value is -5.74. The van der Waals surface area contributed by atoms with E-state index in [9.17, 15) is 0 Å². The molecule has 0 amide bonds. The average Bonchev–Trinajstić information content (AvgIpc) is 3.10. The van der Waals surface area contributed by atoms with Gasteiger partial charge in [-0.3, -0.25) is 9.97 Å². The molecule has 0 unspecified atom stereocenters. The van der Waals surface area contributed by atoms with Gasteiger partial charge in [0.25, 0.3) is 0 Å². The second-order valence-electron chi connectivity index (χ2n) is 10.9. The van der Waals surface area contributed by atoms with Crippen molar-refractivity contribution in [1.82, 2.24) is 9.97 Å². The molecule has 4 aromatic heterocycles. The number of hydrogen-bond donors (Lipinski definition) is 0. The number of rotatable bonds is 8. The molecule has 0 N–H and O–H groups in total. The zero-order valence-corrected chi connectivity index (χ0v) is 24.4. The lowest BCUT2D eigenvalue weighted by Gasteiger charge is -2.14. The Kier molecular flexibility index (Phi) is 7.79. The van der Waals surface area contributed by atoms with E-state index in [0.29, 0.717) is 0 Å². The Morgan fingerprint density at radius 1 is 0.386 bits per heavy atom. The molecule has 7 rings (SSSR count). The maximum absolute atomic E-state index is 4.10. The summed E-state index contributed by atoms with van der Waals surface area (Å²) < 4.78 is 4.54. The molecular formula is C40H32N4+2. The molecule has 0 saturated heterocycles. The first-order chi connectivity index (χ1) is 21.8. The predicted octanol–water partition coefficient (Wildman–Crippen LogP) is 7.80. The summed E-state index contributed by atoms with van der Waals surface area (Å²) in [5, 5.41) is 5.20. The fourth-order valence-electron chi connectivity index (χ4n) is 5.72. The second-order valence-corrected chi connectivity index (χ2v) is 10.9. The summed E-state index contributed by atoms with van der Waals surface area (Å²) in [6, 6.07) is 34.4. The molecule has 44 heavy (non-hydrogen) atoms. The molecule has 0 saturated carbocycles. The maximum Gasteiger partial charge on any atom is 0.175 e. The van der Waals surface area contributed by atoms with E-state index in [-0.39, 0.29) is 0 Å². The van der Waals surface area contributed by atoms with Crippen LogP contribution in [0.5, 0.6) is 0 Å². The molecule has 0 aliphatic carbocycles. The number of fused-ring (bicyclic) bond motifs is 2. The lowest BCUT2D eigenvalue weighted by Crippen LogP contribution is -2.34. The molecular weight excluding hydrogens is 536 g/mol. The Bertz CT molecular complexity index is 1870. The van der Waals surface area contributed by atoms with Crippen LogP contribution in [0.1, 0.15) is 33.4 Å². The smallest absolute Gasteiger partial charge is 0.175 e. The van der Waals surface area contributed by atoms with Gasteiger partial charge in [-0.2, -0.15) is 0 Å². The van der Waals surface area contributed by atoms with Gasteiger partial charge in [-0.15, -0.1) is 0 Å². The van der Waals surface area contributed by atoms with Gasteiger partial charge in [-0.05, 0) is 68.1 Å². The summed E-state index contributed by atoms with van der Waals surface area (Å²) in [5.74, 6) is 0. The first-order valence-electron chi connectivity index (χ1n) is 14.9. The fourth-order valence-corrected chi connectivity index (χ4v) is 5.72. The molecule has 0 aliphatic heterocycles. The number of hydrogen-bond acceptors (Lipinski definition) is 2. The van der Waals surface area contributed by atoms with Gasteiger partial charge in [-0.1, -0.05) is 72.8 Å². The van der Waals surface area contributed by atoms with Crippen molar-refractivity contribution in [2.45, 2.75) is 13.1 Å². The van der Waals surface area contributed by atoms with Crippen LogP contribution in [-0.2, 0) is 13.1 Å². The third-order valence-corrected chi connectivity index (χ3v) is 8.02. The van der Waals surface area contributed by atoms with Crippen molar-refractivity contribution in [2.75, 3.05) is 0 Å². The lowest BCUT2D eigenvalue weighted by atomic mass is 9.91. The van der Waals surface area contributed by atoms with Gasteiger partial charge < -0.3 is 0 Å². The molecule has 0 aliphatic rings. The molecule has 0 bridgehead atoms. The highest BCUT2D eigenvalue weighted by atomic mass is 14.9. The van der Waals surface area contributed by atoms with E-state index in [0.717, 1.165) is 24.2 Å². The van der Waals surface area contributed by atoms with Crippen LogP contribution in [0.4, 0.5) is 0 Å². The van der Waals surface area contributed by atoms with Crippen LogP contribution in [0, 0.1) is 0 Å². The minimum Gasteiger partial charge on any atom is -0.265 e. The largest absolute Gasteiger partial charge is 0.265 e. The first-order valence-corrected chi connectivity index (χ1v) is 14.9. The van der Waals surface area contributed by atoms with E-state index in [1.807, 2.05) is 49.1 Å². The van der Waals surface area contributed by atoms with Crippen molar-refractivity contribution in [3.8, 4) is 0 Å². The number of aromatic nitrogens is 4. The molecule has 0 spiro atoms. The topological polar surface area (TPSA) is 33.5 Å². The van der Waals surface area contributed by atoms with Crippen LogP contribution in [0.25, 0.3) is 45.8 Å². The SMILES string of the molecule is C(=C\c1cc[n+](Cc2c3ccccc3c(C[n+]3ccc(/C=C/c4ccncc4)cc3)c3ccccc23)cc1)/c1ccncc1. The fraction of sp³-hybridized carbons (Fsp3) is 0.0500. The molecule has 3 aromatic carbocycles. The highest BCUT2D eigenvalue weighted by molar-refractivity contribution is 6.05. The van der Waals surface area contributed by atoms with Crippen molar-refractivity contribution in [3.05, 3.63) is 180 Å². The molecule has 0 atom stereocenters. The van der Waals surface area contributed by atoms with Crippen LogP contribution in [0.2, 0.25) is 0 Å². The predicted molar refractivity (Wildman–Crippen MR) is 179 cm³/mol. The van der Waals surface area contributed by atoms with Gasteiger partial charge in [0.15, 0.2) is 37.9 Å². The Labute approximate surface area is 257 Å². The van der Waals surface area contributed by atoms with Crippen molar-refractivity contribution < 1.29 is 9.13 Å². The van der Waals surface area contributed by atoms with Crippen molar-refractivity contribution in [2.24, 2.45) is 0 Å². The van der Waals surface area contributed by atoms with E-state index >= 15 is 0 Å². The van der Waals surface area contributed by atoms with Crippen LogP contribution < -0.4 is 9.13 Å². The van der Waals surface area contributed by atoms with Gasteiger partial charge in [0.1, 0.15) is 0 Å². The summed E-state index contributed by atoms with van der Waals surface area (Å²) in [6.45, 7) is 1.59. The molecule has 0 fully saturated rings. The third kappa shape index (κ3) is 6.06. The Morgan fingerprint density at radius 3 is 1.00 bits per heavy atom. The van der Waals surface area contributed by atoms with Crippen molar-refractivity contribution in [3.63, 3.8) is 0 Å². The van der Waals surface area contributed by atoms with E-state index in [2.05, 4.69) is 141 Å². The minimum atomic E-state index is 0.793. The lowest BCUT2D eigenvalue weighted by molar-refractivity contribution is -0.688. The van der Waals surface area contributed by atoms with Gasteiger partial charge in [-0.25, -0.2) is 9.13 Å². The van der Waals surface area contributed by atoms with Crippen LogP contribution in [-0.4, -0.2) is 9.97 Å². The van der Waals surface area contributed by atoms with E-state index < -0.39 is 0 Å². The maximum atomic E-state index is 4.10. The van der Waals surface area contributed by atoms with Gasteiger partial charge in [0.2, 0.25) is 0 Å². The highest BCUT2D eigenvalue weighted by Crippen LogP contribution is 2.33. The quantitative estimate of drug-likeness (QED) is 0.138. The summed E-state index contributed by atoms with van der Waals surface area (Å²) in [6.07, 6.45) is 24.5. The zero-order chi connectivity index (χ0) is 29.6. The second kappa shape index (κ2) is 12.6. The minimum absolute atomic E-state index is 0.793. The van der Waals surface area contributed by atoms with Gasteiger partial charge >= 0.3 is 0 Å². The number of nitrogens with zero attached hydrogens (tertiary/aromatic N) is 4. The summed E-state index contributed by atoms with van der Waals surface area (Å²) >= 11 is 0. The van der Waals surface area contributed by atoms with Gasteiger partial charge in [0.05, 0.1) is 0 Å². The van der Waals surface area contributed by atoms with E-state index in [1.54, 1.807) is 0 Å². The molecule has 4 heteroatoms. The summed E-state index contributed by atoms with van der Waals surface area (Å²) in [5.41, 5.74) is 7.29. The van der Waals surface area contributed by atoms with Crippen LogP contribution >= 0.6 is 0 Å². The summed E-state index contributed by atoms with van der Waals surface area (Å²) in [4.78, 5) is 8.19. The van der Waals surface area contributed by atoms with Crippen LogP contribution in [0.3, 0.4) is 0 Å². The Balaban J connectivity index is 1.19. The van der Waals surface area contributed by atoms with Crippen molar-refractivity contribution in [1.29, 1.82) is 0 Å². The monoisotopic (exact) mass is 568 g/mol. The number of pyridine rings is 4. The van der Waals surface area contributed by atoms with Crippen LogP contribution in [0.15, 0.2) is 147 Å². The molecule has 4 heterocycles. The molecule has 4 nitrogen and oxygen atoms in total. The molecule has 210 valence electrons. The molecule has 7 aromatic rings. The van der Waals surface area contributed by atoms with Gasteiger partial charge in [0, 0.05) is 60.2 Å². The highest BCUT2D eigenvalue weighted by Gasteiger charge is 2.18. The number of benzene rings is 3. The first kappa shape index (κ1) is 27.1. The average molecular weight is 569 g/mol. The van der Waals surface area contributed by atoms with E-state index in [1.165, 1.54) is 43.8 Å². The third-order valence-electron chi connectivity index (χ3n) is 8.02. The standard InChI is InChI=1S/C40H32N4/c1-2-6-36-35(5-1)39(29-43-25-17-33(18-26-43)11-9-31-13-21-41-22-14-31)37-7-3-4-8-38(37)40(36)30-44-27-19-34(20-28-44)12-10-32-15-23-42-24-16-32/h1-28H,29-30H2/q+2/b11-9+,12-10+. The normalized spacial score (nSPS) is 11.6. The molecule has 0 radical (unpaired) electrons. The van der Waals surface area contributed by atoms with Crippen molar-refractivity contribution >= 4 is 45.8 Å². The van der Waals surface area contributed by atoms with E-state index in [4.69, 9.17) is 0 Å². The Morgan fingerprint density at radius 2 is 0.682 bits per heavy atom.